The van der Waals surface area contributed by atoms with Gasteiger partial charge in [-0.1, -0.05) is 18.2 Å². The molecular weight excluding hydrogens is 168 g/mol. The Hall–Kier alpha value is -1.35. The summed E-state index contributed by atoms with van der Waals surface area (Å²) in [5, 5.41) is 0. The van der Waals surface area contributed by atoms with Gasteiger partial charge in [0.2, 0.25) is 6.29 Å². The number of ether oxygens (including phenoxy) is 2. The SMILES string of the molecule is COC1OC(=O)c2c(C)cccc21. The van der Waals surface area contributed by atoms with Crippen LogP contribution in [0, 0.1) is 6.92 Å². The lowest BCUT2D eigenvalue weighted by Crippen LogP contribution is -2.00. The van der Waals surface area contributed by atoms with Gasteiger partial charge in [-0.15, -0.1) is 0 Å². The number of benzene rings is 1. The van der Waals surface area contributed by atoms with Gasteiger partial charge in [-0.25, -0.2) is 4.79 Å². The smallest absolute Gasteiger partial charge is 0.341 e. The normalized spacial score (nSPS) is 19.8. The van der Waals surface area contributed by atoms with E-state index in [4.69, 9.17) is 9.47 Å². The first kappa shape index (κ1) is 8.26. The summed E-state index contributed by atoms with van der Waals surface area (Å²) in [4.78, 5) is 11.4. The second-order valence-electron chi connectivity index (χ2n) is 3.01. The standard InChI is InChI=1S/C10H10O3/c1-6-4-3-5-7-8(6)9(11)13-10(7)12-2/h3-5,10H,1-2H3. The number of carbonyl (C=O) groups is 1. The molecule has 0 aliphatic carbocycles. The summed E-state index contributed by atoms with van der Waals surface area (Å²) in [5.41, 5.74) is 2.41. The topological polar surface area (TPSA) is 35.5 Å². The molecule has 1 unspecified atom stereocenters. The van der Waals surface area contributed by atoms with E-state index in [-0.39, 0.29) is 5.97 Å². The Bertz CT molecular complexity index is 357. The van der Waals surface area contributed by atoms with E-state index in [1.54, 1.807) is 0 Å². The summed E-state index contributed by atoms with van der Waals surface area (Å²) in [6.45, 7) is 1.89. The molecule has 1 aliphatic heterocycles. The van der Waals surface area contributed by atoms with Gasteiger partial charge in [-0.05, 0) is 12.5 Å². The van der Waals surface area contributed by atoms with Gasteiger partial charge in [0.15, 0.2) is 0 Å². The van der Waals surface area contributed by atoms with E-state index < -0.39 is 6.29 Å². The maximum absolute atomic E-state index is 11.4. The molecule has 1 aromatic carbocycles. The average Bonchev–Trinajstić information content (AvgIpc) is 2.44. The van der Waals surface area contributed by atoms with Crippen molar-refractivity contribution in [2.24, 2.45) is 0 Å². The molecule has 0 N–H and O–H groups in total. The third kappa shape index (κ3) is 1.12. The second kappa shape index (κ2) is 2.85. The molecule has 0 saturated heterocycles. The Labute approximate surface area is 76.3 Å². The minimum atomic E-state index is -0.526. The van der Waals surface area contributed by atoms with Crippen molar-refractivity contribution in [3.63, 3.8) is 0 Å². The predicted octanol–water partition coefficient (Wildman–Crippen LogP) is 1.81. The molecule has 3 heteroatoms. The highest BCUT2D eigenvalue weighted by Crippen LogP contribution is 2.32. The first-order valence-electron chi connectivity index (χ1n) is 4.07. The lowest BCUT2D eigenvalue weighted by Gasteiger charge is -2.06. The van der Waals surface area contributed by atoms with Crippen LogP contribution in [0.2, 0.25) is 0 Å². The summed E-state index contributed by atoms with van der Waals surface area (Å²) in [5.74, 6) is -0.292. The molecule has 1 aliphatic rings. The fourth-order valence-electron chi connectivity index (χ4n) is 1.56. The van der Waals surface area contributed by atoms with Gasteiger partial charge in [0.25, 0.3) is 0 Å². The van der Waals surface area contributed by atoms with Crippen molar-refractivity contribution >= 4 is 5.97 Å². The largest absolute Gasteiger partial charge is 0.428 e. The fraction of sp³-hybridized carbons (Fsp3) is 0.300. The molecule has 68 valence electrons. The molecule has 0 saturated carbocycles. The maximum Gasteiger partial charge on any atom is 0.341 e. The van der Waals surface area contributed by atoms with E-state index in [1.807, 2.05) is 25.1 Å². The van der Waals surface area contributed by atoms with Crippen LogP contribution in [0.1, 0.15) is 27.8 Å². The van der Waals surface area contributed by atoms with Crippen LogP contribution in [-0.4, -0.2) is 13.1 Å². The number of carbonyl (C=O) groups excluding carboxylic acids is 1. The van der Waals surface area contributed by atoms with Crippen molar-refractivity contribution < 1.29 is 14.3 Å². The molecule has 0 aromatic heterocycles. The maximum atomic E-state index is 11.4. The van der Waals surface area contributed by atoms with Crippen LogP contribution in [0.15, 0.2) is 18.2 Å². The molecule has 1 heterocycles. The van der Waals surface area contributed by atoms with E-state index in [1.165, 1.54) is 7.11 Å². The Kier molecular flexibility index (Phi) is 1.81. The Morgan fingerprint density at radius 2 is 2.23 bits per heavy atom. The first-order valence-corrected chi connectivity index (χ1v) is 4.07. The fourth-order valence-corrected chi connectivity index (χ4v) is 1.56. The molecule has 3 nitrogen and oxygen atoms in total. The monoisotopic (exact) mass is 178 g/mol. The van der Waals surface area contributed by atoms with Gasteiger partial charge in [0.1, 0.15) is 0 Å². The third-order valence-electron chi connectivity index (χ3n) is 2.19. The Morgan fingerprint density at radius 3 is 2.92 bits per heavy atom. The molecule has 1 aromatic rings. The number of cyclic esters (lactones) is 1. The number of fused-ring (bicyclic) bond motifs is 1. The molecule has 2 rings (SSSR count). The highest BCUT2D eigenvalue weighted by Gasteiger charge is 2.31. The van der Waals surface area contributed by atoms with Crippen molar-refractivity contribution in [1.82, 2.24) is 0 Å². The number of hydrogen-bond acceptors (Lipinski definition) is 3. The molecular formula is C10H10O3. The quantitative estimate of drug-likeness (QED) is 0.615. The molecule has 0 bridgehead atoms. The highest BCUT2D eigenvalue weighted by molar-refractivity contribution is 5.95. The minimum Gasteiger partial charge on any atom is -0.428 e. The number of methoxy groups -OCH3 is 1. The van der Waals surface area contributed by atoms with Gasteiger partial charge in [0.05, 0.1) is 5.56 Å². The van der Waals surface area contributed by atoms with Crippen LogP contribution in [-0.2, 0) is 9.47 Å². The van der Waals surface area contributed by atoms with Gasteiger partial charge < -0.3 is 9.47 Å². The molecule has 0 radical (unpaired) electrons. The van der Waals surface area contributed by atoms with Crippen LogP contribution < -0.4 is 0 Å². The summed E-state index contributed by atoms with van der Waals surface area (Å²) in [6, 6.07) is 5.63. The van der Waals surface area contributed by atoms with Crippen LogP contribution >= 0.6 is 0 Å². The summed E-state index contributed by atoms with van der Waals surface area (Å²) >= 11 is 0. The Morgan fingerprint density at radius 1 is 1.46 bits per heavy atom. The molecule has 0 amide bonds. The summed E-state index contributed by atoms with van der Waals surface area (Å²) < 4.78 is 10.0. The van der Waals surface area contributed by atoms with Gasteiger partial charge in [-0.2, -0.15) is 0 Å². The van der Waals surface area contributed by atoms with Gasteiger partial charge in [0, 0.05) is 12.7 Å². The van der Waals surface area contributed by atoms with E-state index in [2.05, 4.69) is 0 Å². The first-order chi connectivity index (χ1) is 6.24. The molecule has 0 fully saturated rings. The van der Waals surface area contributed by atoms with E-state index in [0.29, 0.717) is 5.56 Å². The number of rotatable bonds is 1. The summed E-state index contributed by atoms with van der Waals surface area (Å²) in [7, 11) is 1.52. The zero-order valence-electron chi connectivity index (χ0n) is 7.53. The molecule has 0 spiro atoms. The predicted molar refractivity (Wildman–Crippen MR) is 46.3 cm³/mol. The van der Waals surface area contributed by atoms with Crippen LogP contribution in [0.5, 0.6) is 0 Å². The van der Waals surface area contributed by atoms with E-state index >= 15 is 0 Å². The van der Waals surface area contributed by atoms with Crippen molar-refractivity contribution in [1.29, 1.82) is 0 Å². The lowest BCUT2D eigenvalue weighted by molar-refractivity contribution is -0.0815. The highest BCUT2D eigenvalue weighted by atomic mass is 16.7. The van der Waals surface area contributed by atoms with Crippen LogP contribution in [0.3, 0.4) is 0 Å². The van der Waals surface area contributed by atoms with Gasteiger partial charge in [-0.3, -0.25) is 0 Å². The van der Waals surface area contributed by atoms with Crippen molar-refractivity contribution in [3.8, 4) is 0 Å². The van der Waals surface area contributed by atoms with E-state index in [9.17, 15) is 4.79 Å². The van der Waals surface area contributed by atoms with Crippen LogP contribution in [0.25, 0.3) is 0 Å². The van der Waals surface area contributed by atoms with Crippen molar-refractivity contribution in [3.05, 3.63) is 34.9 Å². The summed E-state index contributed by atoms with van der Waals surface area (Å²) in [6.07, 6.45) is -0.526. The average molecular weight is 178 g/mol. The van der Waals surface area contributed by atoms with Crippen LogP contribution in [0.4, 0.5) is 0 Å². The molecule has 13 heavy (non-hydrogen) atoms. The second-order valence-corrected chi connectivity index (χ2v) is 3.01. The lowest BCUT2D eigenvalue weighted by atomic mass is 10.0. The number of aryl methyl sites for hydroxylation is 1. The Balaban J connectivity index is 2.57. The number of esters is 1. The van der Waals surface area contributed by atoms with Crippen molar-refractivity contribution in [2.45, 2.75) is 13.2 Å². The zero-order valence-corrected chi connectivity index (χ0v) is 7.53. The van der Waals surface area contributed by atoms with Gasteiger partial charge >= 0.3 is 5.97 Å². The number of hydrogen-bond donors (Lipinski definition) is 0. The minimum absolute atomic E-state index is 0.292. The molecule has 1 atom stereocenters. The van der Waals surface area contributed by atoms with Crippen molar-refractivity contribution in [2.75, 3.05) is 7.11 Å². The van der Waals surface area contributed by atoms with E-state index in [0.717, 1.165) is 11.1 Å². The zero-order chi connectivity index (χ0) is 9.42. The third-order valence-corrected chi connectivity index (χ3v) is 2.19.